The molecular weight excluding hydrogens is 184 g/mol. The van der Waals surface area contributed by atoms with Gasteiger partial charge in [0, 0.05) is 13.1 Å². The summed E-state index contributed by atoms with van der Waals surface area (Å²) in [6.45, 7) is 2.07. The van der Waals surface area contributed by atoms with E-state index in [1.807, 2.05) is 6.07 Å². The molecule has 0 spiro atoms. The highest BCUT2D eigenvalue weighted by Crippen LogP contribution is 2.07. The molecule has 0 saturated carbocycles. The minimum atomic E-state index is -0.0139. The van der Waals surface area contributed by atoms with Gasteiger partial charge in [0.15, 0.2) is 0 Å². The molecule has 0 radical (unpaired) electrons. The van der Waals surface area contributed by atoms with Crippen LogP contribution in [0.2, 0.25) is 0 Å². The Balaban J connectivity index is 0.000000364. The number of nitriles is 1. The molecule has 1 amide bonds. The second kappa shape index (κ2) is 8.05. The number of carbonyl (C=O) groups is 2. The third kappa shape index (κ3) is 5.14. The summed E-state index contributed by atoms with van der Waals surface area (Å²) in [5.41, 5.74) is 0. The first-order chi connectivity index (χ1) is 6.76. The van der Waals surface area contributed by atoms with E-state index >= 15 is 0 Å². The van der Waals surface area contributed by atoms with Gasteiger partial charge in [-0.3, -0.25) is 9.59 Å². The van der Waals surface area contributed by atoms with Crippen LogP contribution in [0.15, 0.2) is 0 Å². The molecule has 0 aromatic rings. The lowest BCUT2D eigenvalue weighted by atomic mass is 10.4. The minimum Gasteiger partial charge on any atom is -0.471 e. The van der Waals surface area contributed by atoms with Crippen molar-refractivity contribution in [1.29, 1.82) is 5.26 Å². The largest absolute Gasteiger partial charge is 0.471 e. The molecule has 78 valence electrons. The van der Waals surface area contributed by atoms with Crippen LogP contribution in [0.4, 0.5) is 0 Å². The number of hydrogen-bond acceptors (Lipinski definition) is 4. The van der Waals surface area contributed by atoms with E-state index in [-0.39, 0.29) is 12.3 Å². The number of likely N-dealkylation sites (tertiary alicyclic amines) is 1. The Labute approximate surface area is 83.2 Å². The highest BCUT2D eigenvalue weighted by atomic mass is 16.5. The number of nitrogens with zero attached hydrogens (tertiary/aromatic N) is 2. The Bertz CT molecular complexity index is 217. The fraction of sp³-hybridized carbons (Fsp3) is 0.667. The maximum Gasteiger partial charge on any atom is 0.292 e. The molecule has 14 heavy (non-hydrogen) atoms. The van der Waals surface area contributed by atoms with Crippen molar-refractivity contribution in [2.24, 2.45) is 0 Å². The molecule has 5 nitrogen and oxygen atoms in total. The second-order valence-corrected chi connectivity index (χ2v) is 2.75. The molecule has 0 N–H and O–H groups in total. The normalized spacial score (nSPS) is 13.6. The van der Waals surface area contributed by atoms with Gasteiger partial charge < -0.3 is 9.64 Å². The number of ether oxygens (including phenoxy) is 1. The summed E-state index contributed by atoms with van der Waals surface area (Å²) in [5.74, 6) is -0.0139. The summed E-state index contributed by atoms with van der Waals surface area (Å²) in [7, 11) is 1.31. The van der Waals surface area contributed by atoms with Gasteiger partial charge >= 0.3 is 0 Å². The molecule has 5 heteroatoms. The standard InChI is InChI=1S/C7H10N2O.C2H4O2/c8-4-3-7(10)9-5-1-2-6-9;1-4-2-3/h1-3,5-6H2;2H,1H3. The second-order valence-electron chi connectivity index (χ2n) is 2.75. The van der Waals surface area contributed by atoms with E-state index in [0.29, 0.717) is 6.47 Å². The van der Waals surface area contributed by atoms with Gasteiger partial charge in [-0.1, -0.05) is 0 Å². The summed E-state index contributed by atoms with van der Waals surface area (Å²) >= 11 is 0. The molecule has 1 fully saturated rings. The number of hydrogen-bond donors (Lipinski definition) is 0. The first kappa shape index (κ1) is 12.4. The van der Waals surface area contributed by atoms with Crippen LogP contribution in [0.25, 0.3) is 0 Å². The van der Waals surface area contributed by atoms with Gasteiger partial charge in [0.1, 0.15) is 6.42 Å². The zero-order valence-corrected chi connectivity index (χ0v) is 8.23. The zero-order valence-electron chi connectivity index (χ0n) is 8.23. The molecule has 0 aromatic carbocycles. The van der Waals surface area contributed by atoms with Crippen LogP contribution >= 0.6 is 0 Å². The third-order valence-corrected chi connectivity index (χ3v) is 1.79. The zero-order chi connectivity index (χ0) is 10.8. The van der Waals surface area contributed by atoms with Crippen LogP contribution < -0.4 is 0 Å². The molecule has 0 bridgehead atoms. The lowest BCUT2D eigenvalue weighted by Gasteiger charge is -2.11. The SMILES string of the molecule is COC=O.N#CCC(=O)N1CCCC1. The van der Waals surface area contributed by atoms with Crippen molar-refractivity contribution < 1.29 is 14.3 Å². The van der Waals surface area contributed by atoms with Crippen LogP contribution in [-0.4, -0.2) is 37.5 Å². The predicted molar refractivity (Wildman–Crippen MR) is 49.1 cm³/mol. The highest BCUT2D eigenvalue weighted by molar-refractivity contribution is 5.78. The van der Waals surface area contributed by atoms with E-state index in [1.54, 1.807) is 4.90 Å². The van der Waals surface area contributed by atoms with E-state index in [2.05, 4.69) is 4.74 Å². The fourth-order valence-electron chi connectivity index (χ4n) is 1.15. The first-order valence-electron chi connectivity index (χ1n) is 4.37. The fourth-order valence-corrected chi connectivity index (χ4v) is 1.15. The number of rotatable bonds is 2. The van der Waals surface area contributed by atoms with Crippen molar-refractivity contribution in [2.45, 2.75) is 19.3 Å². The Morgan fingerprint density at radius 2 is 2.07 bits per heavy atom. The van der Waals surface area contributed by atoms with E-state index in [4.69, 9.17) is 10.1 Å². The average molecular weight is 198 g/mol. The molecule has 0 unspecified atom stereocenters. The van der Waals surface area contributed by atoms with Crippen LogP contribution in [0.1, 0.15) is 19.3 Å². The van der Waals surface area contributed by atoms with Gasteiger partial charge in [-0.25, -0.2) is 0 Å². The summed E-state index contributed by atoms with van der Waals surface area (Å²) < 4.78 is 3.86. The van der Waals surface area contributed by atoms with E-state index in [9.17, 15) is 4.79 Å². The predicted octanol–water partition coefficient (Wildman–Crippen LogP) is 0.312. The molecule has 1 saturated heterocycles. The van der Waals surface area contributed by atoms with Crippen molar-refractivity contribution in [3.05, 3.63) is 0 Å². The molecule has 0 aliphatic carbocycles. The molecule has 0 aromatic heterocycles. The number of carbonyl (C=O) groups excluding carboxylic acids is 2. The van der Waals surface area contributed by atoms with E-state index in [0.717, 1.165) is 25.9 Å². The van der Waals surface area contributed by atoms with Gasteiger partial charge in [0.05, 0.1) is 13.2 Å². The third-order valence-electron chi connectivity index (χ3n) is 1.79. The molecule has 1 rings (SSSR count). The molecule has 1 aliphatic rings. The quantitative estimate of drug-likeness (QED) is 0.599. The maximum absolute atomic E-state index is 10.9. The Morgan fingerprint density at radius 1 is 1.57 bits per heavy atom. The van der Waals surface area contributed by atoms with Crippen molar-refractivity contribution in [3.63, 3.8) is 0 Å². The Hall–Kier alpha value is -1.57. The van der Waals surface area contributed by atoms with Gasteiger partial charge in [-0.05, 0) is 12.8 Å². The molecule has 1 aliphatic heterocycles. The Kier molecular flexibility index (Phi) is 7.15. The van der Waals surface area contributed by atoms with Crippen molar-refractivity contribution in [3.8, 4) is 6.07 Å². The van der Waals surface area contributed by atoms with E-state index < -0.39 is 0 Å². The van der Waals surface area contributed by atoms with Crippen LogP contribution in [0.5, 0.6) is 0 Å². The summed E-state index contributed by atoms with van der Waals surface area (Å²) in [6.07, 6.45) is 2.23. The summed E-state index contributed by atoms with van der Waals surface area (Å²) in [5, 5.41) is 8.20. The molecule has 1 heterocycles. The summed E-state index contributed by atoms with van der Waals surface area (Å²) in [6, 6.07) is 1.85. The van der Waals surface area contributed by atoms with Crippen molar-refractivity contribution in [1.82, 2.24) is 4.90 Å². The van der Waals surface area contributed by atoms with Crippen LogP contribution in [0.3, 0.4) is 0 Å². The topological polar surface area (TPSA) is 70.4 Å². The molecular formula is C9H14N2O3. The first-order valence-corrected chi connectivity index (χ1v) is 4.37. The van der Waals surface area contributed by atoms with Gasteiger partial charge in [-0.15, -0.1) is 0 Å². The lowest BCUT2D eigenvalue weighted by Crippen LogP contribution is -2.26. The minimum absolute atomic E-state index is 0.0139. The van der Waals surface area contributed by atoms with Gasteiger partial charge in [0.25, 0.3) is 6.47 Å². The molecule has 0 atom stereocenters. The van der Waals surface area contributed by atoms with Gasteiger partial charge in [-0.2, -0.15) is 5.26 Å². The summed E-state index contributed by atoms with van der Waals surface area (Å²) in [4.78, 5) is 21.7. The lowest BCUT2D eigenvalue weighted by molar-refractivity contribution is -0.129. The smallest absolute Gasteiger partial charge is 0.292 e. The Morgan fingerprint density at radius 3 is 2.43 bits per heavy atom. The van der Waals surface area contributed by atoms with Crippen molar-refractivity contribution in [2.75, 3.05) is 20.2 Å². The number of methoxy groups -OCH3 is 1. The highest BCUT2D eigenvalue weighted by Gasteiger charge is 2.16. The number of amides is 1. The van der Waals surface area contributed by atoms with Crippen LogP contribution in [-0.2, 0) is 14.3 Å². The average Bonchev–Trinajstić information content (AvgIpc) is 2.71. The van der Waals surface area contributed by atoms with E-state index in [1.165, 1.54) is 7.11 Å². The van der Waals surface area contributed by atoms with Crippen LogP contribution in [0, 0.1) is 11.3 Å². The monoisotopic (exact) mass is 198 g/mol. The maximum atomic E-state index is 10.9. The van der Waals surface area contributed by atoms with Crippen molar-refractivity contribution >= 4 is 12.4 Å². The van der Waals surface area contributed by atoms with Gasteiger partial charge in [0.2, 0.25) is 5.91 Å².